The van der Waals surface area contributed by atoms with Crippen molar-refractivity contribution in [2.45, 2.75) is 32.2 Å². The maximum atomic E-state index is 12.3. The maximum Gasteiger partial charge on any atom is 0.222 e. The second-order valence-corrected chi connectivity index (χ2v) is 5.78. The molecule has 1 aliphatic rings. The van der Waals surface area contributed by atoms with E-state index in [1.807, 2.05) is 21.8 Å². The van der Waals surface area contributed by atoms with E-state index in [1.54, 1.807) is 18.6 Å². The van der Waals surface area contributed by atoms with E-state index in [2.05, 4.69) is 10.4 Å². The third kappa shape index (κ3) is 3.80. The summed E-state index contributed by atoms with van der Waals surface area (Å²) in [4.78, 5) is 25.2. The molecule has 1 atom stereocenters. The summed E-state index contributed by atoms with van der Waals surface area (Å²) in [5.74, 6) is 0.558. The van der Waals surface area contributed by atoms with Crippen LogP contribution in [0, 0.1) is 0 Å². The van der Waals surface area contributed by atoms with Gasteiger partial charge in [0.05, 0.1) is 18.6 Å². The molecule has 2 aromatic heterocycles. The minimum atomic E-state index is -0.141. The van der Waals surface area contributed by atoms with Crippen molar-refractivity contribution < 1.29 is 14.0 Å². The summed E-state index contributed by atoms with van der Waals surface area (Å²) in [6.45, 7) is 2.85. The van der Waals surface area contributed by atoms with Gasteiger partial charge in [-0.25, -0.2) is 0 Å². The molecule has 23 heavy (non-hydrogen) atoms. The highest BCUT2D eigenvalue weighted by molar-refractivity contribution is 5.87. The van der Waals surface area contributed by atoms with Crippen molar-refractivity contribution in [3.05, 3.63) is 36.4 Å². The van der Waals surface area contributed by atoms with Crippen LogP contribution in [0.3, 0.4) is 0 Å². The fourth-order valence-electron chi connectivity index (χ4n) is 2.82. The first-order chi connectivity index (χ1) is 11.1. The van der Waals surface area contributed by atoms with Gasteiger partial charge in [-0.2, -0.15) is 5.10 Å². The highest BCUT2D eigenvalue weighted by Crippen LogP contribution is 2.22. The molecule has 0 aromatic carbocycles. The van der Waals surface area contributed by atoms with Crippen LogP contribution in [0.1, 0.15) is 31.4 Å². The molecule has 2 aromatic rings. The molecular formula is C16H20N4O3. The van der Waals surface area contributed by atoms with Crippen LogP contribution in [0.15, 0.2) is 35.3 Å². The molecule has 0 radical (unpaired) electrons. The normalized spacial score (nSPS) is 17.4. The number of furan rings is 1. The molecule has 122 valence electrons. The van der Waals surface area contributed by atoms with Gasteiger partial charge >= 0.3 is 0 Å². The number of anilines is 1. The number of rotatable bonds is 5. The molecule has 7 nitrogen and oxygen atoms in total. The number of nitrogens with one attached hydrogen (secondary N) is 1. The van der Waals surface area contributed by atoms with Gasteiger partial charge in [0.25, 0.3) is 0 Å². The number of aryl methyl sites for hydroxylation is 1. The number of carbonyl (C=O) groups excluding carboxylic acids is 2. The van der Waals surface area contributed by atoms with Crippen molar-refractivity contribution in [1.29, 1.82) is 0 Å². The number of amides is 2. The van der Waals surface area contributed by atoms with Crippen molar-refractivity contribution in [2.24, 2.45) is 0 Å². The molecule has 3 heterocycles. The second kappa shape index (κ2) is 6.68. The second-order valence-electron chi connectivity index (χ2n) is 5.78. The van der Waals surface area contributed by atoms with Gasteiger partial charge in [-0.15, -0.1) is 0 Å². The summed E-state index contributed by atoms with van der Waals surface area (Å²) in [5.41, 5.74) is 1.04. The van der Waals surface area contributed by atoms with Crippen molar-refractivity contribution in [1.82, 2.24) is 14.7 Å². The Kier molecular flexibility index (Phi) is 4.45. The van der Waals surface area contributed by atoms with Gasteiger partial charge < -0.3 is 14.6 Å². The lowest BCUT2D eigenvalue weighted by Gasteiger charge is -2.16. The van der Waals surface area contributed by atoms with Crippen LogP contribution < -0.4 is 5.32 Å². The summed E-state index contributed by atoms with van der Waals surface area (Å²) in [6, 6.07) is 3.81. The molecule has 7 heteroatoms. The fourth-order valence-corrected chi connectivity index (χ4v) is 2.82. The van der Waals surface area contributed by atoms with Crippen LogP contribution in [0.4, 0.5) is 5.82 Å². The van der Waals surface area contributed by atoms with E-state index in [0.717, 1.165) is 18.5 Å². The fraction of sp³-hybridized carbons (Fsp3) is 0.438. The van der Waals surface area contributed by atoms with E-state index in [1.165, 1.54) is 6.92 Å². The van der Waals surface area contributed by atoms with Crippen molar-refractivity contribution in [3.63, 3.8) is 0 Å². The van der Waals surface area contributed by atoms with Crippen LogP contribution in [-0.4, -0.2) is 39.6 Å². The summed E-state index contributed by atoms with van der Waals surface area (Å²) >= 11 is 0. The summed E-state index contributed by atoms with van der Waals surface area (Å²) < 4.78 is 6.84. The zero-order chi connectivity index (χ0) is 16.2. The lowest BCUT2D eigenvalue weighted by Crippen LogP contribution is -2.29. The lowest BCUT2D eigenvalue weighted by atomic mass is 10.2. The summed E-state index contributed by atoms with van der Waals surface area (Å²) in [5, 5.41) is 7.01. The van der Waals surface area contributed by atoms with Gasteiger partial charge in [0, 0.05) is 38.7 Å². The Hall–Kier alpha value is -2.57. The van der Waals surface area contributed by atoms with Crippen molar-refractivity contribution in [2.75, 3.05) is 18.4 Å². The monoisotopic (exact) mass is 316 g/mol. The molecule has 0 unspecified atom stereocenters. The molecule has 3 rings (SSSR count). The first-order valence-corrected chi connectivity index (χ1v) is 7.73. The van der Waals surface area contributed by atoms with Crippen LogP contribution >= 0.6 is 0 Å². The lowest BCUT2D eigenvalue weighted by molar-refractivity contribution is -0.130. The number of nitrogens with zero attached hydrogens (tertiary/aromatic N) is 3. The summed E-state index contributed by atoms with van der Waals surface area (Å²) in [7, 11) is 0. The van der Waals surface area contributed by atoms with Crippen LogP contribution in [-0.2, 0) is 16.0 Å². The Morgan fingerprint density at radius 3 is 3.04 bits per heavy atom. The first-order valence-electron chi connectivity index (χ1n) is 7.73. The van der Waals surface area contributed by atoms with E-state index in [-0.39, 0.29) is 17.9 Å². The highest BCUT2D eigenvalue weighted by Gasteiger charge is 2.27. The van der Waals surface area contributed by atoms with Crippen LogP contribution in [0.25, 0.3) is 0 Å². The van der Waals surface area contributed by atoms with Gasteiger partial charge in [0.1, 0.15) is 0 Å². The Balaban J connectivity index is 1.52. The Morgan fingerprint density at radius 2 is 2.30 bits per heavy atom. The van der Waals surface area contributed by atoms with E-state index >= 15 is 0 Å². The van der Waals surface area contributed by atoms with Gasteiger partial charge in [-0.1, -0.05) is 0 Å². The largest absolute Gasteiger partial charge is 0.472 e. The average molecular weight is 316 g/mol. The minimum absolute atomic E-state index is 0.141. The maximum absolute atomic E-state index is 12.3. The first kappa shape index (κ1) is 15.3. The van der Waals surface area contributed by atoms with E-state index < -0.39 is 0 Å². The molecule has 1 saturated heterocycles. The molecule has 1 aliphatic heterocycles. The molecule has 1 fully saturated rings. The summed E-state index contributed by atoms with van der Waals surface area (Å²) in [6.07, 6.45) is 7.20. The molecule has 0 bridgehead atoms. The third-order valence-corrected chi connectivity index (χ3v) is 4.01. The minimum Gasteiger partial charge on any atom is -0.472 e. The number of hydrogen-bond donors (Lipinski definition) is 1. The Labute approximate surface area is 134 Å². The number of aromatic nitrogens is 2. The highest BCUT2D eigenvalue weighted by atomic mass is 16.3. The van der Waals surface area contributed by atoms with Gasteiger partial charge in [0.15, 0.2) is 5.82 Å². The smallest absolute Gasteiger partial charge is 0.222 e. The topological polar surface area (TPSA) is 80.4 Å². The van der Waals surface area contributed by atoms with Crippen molar-refractivity contribution >= 4 is 17.6 Å². The van der Waals surface area contributed by atoms with E-state index in [4.69, 9.17) is 4.42 Å². The SMILES string of the molecule is CC(=O)Nc1ccn([C@@H]2CCN(C(=O)CCc3ccoc3)C2)n1. The van der Waals surface area contributed by atoms with E-state index in [0.29, 0.717) is 25.2 Å². The van der Waals surface area contributed by atoms with Gasteiger partial charge in [0.2, 0.25) is 11.8 Å². The van der Waals surface area contributed by atoms with E-state index in [9.17, 15) is 9.59 Å². The van der Waals surface area contributed by atoms with Crippen LogP contribution in [0.2, 0.25) is 0 Å². The van der Waals surface area contributed by atoms with Gasteiger partial charge in [-0.3, -0.25) is 14.3 Å². The Bertz CT molecular complexity index is 677. The zero-order valence-electron chi connectivity index (χ0n) is 13.1. The van der Waals surface area contributed by atoms with Crippen LogP contribution in [0.5, 0.6) is 0 Å². The number of hydrogen-bond acceptors (Lipinski definition) is 4. The Morgan fingerprint density at radius 1 is 1.43 bits per heavy atom. The zero-order valence-corrected chi connectivity index (χ0v) is 13.1. The molecule has 0 aliphatic carbocycles. The number of carbonyl (C=O) groups is 2. The third-order valence-electron chi connectivity index (χ3n) is 4.01. The molecule has 2 amide bonds. The van der Waals surface area contributed by atoms with Gasteiger partial charge in [-0.05, 0) is 24.5 Å². The molecule has 0 saturated carbocycles. The number of likely N-dealkylation sites (tertiary alicyclic amines) is 1. The quantitative estimate of drug-likeness (QED) is 0.912. The molecule has 1 N–H and O–H groups in total. The van der Waals surface area contributed by atoms with Crippen molar-refractivity contribution in [3.8, 4) is 0 Å². The average Bonchev–Trinajstić information content (AvgIpc) is 3.24. The predicted molar refractivity (Wildman–Crippen MR) is 83.8 cm³/mol. The molecular weight excluding hydrogens is 296 g/mol. The predicted octanol–water partition coefficient (Wildman–Crippen LogP) is 1.84. The molecule has 0 spiro atoms. The standard InChI is InChI=1S/C16H20N4O3/c1-12(21)17-15-5-8-20(18-15)14-4-7-19(10-14)16(22)3-2-13-6-9-23-11-13/h5-6,8-9,11,14H,2-4,7,10H2,1H3,(H,17,18,21)/t14-/m1/s1.